The van der Waals surface area contributed by atoms with Gasteiger partial charge >= 0.3 is 11.9 Å². The van der Waals surface area contributed by atoms with Gasteiger partial charge in [-0.15, -0.1) is 0 Å². The van der Waals surface area contributed by atoms with Crippen LogP contribution in [0.25, 0.3) is 0 Å². The predicted octanol–water partition coefficient (Wildman–Crippen LogP) is 2.92. The van der Waals surface area contributed by atoms with Crippen LogP contribution in [0.4, 0.5) is 0 Å². The maximum Gasteiger partial charge on any atom is 0.306 e. The van der Waals surface area contributed by atoms with Crippen LogP contribution in [0.3, 0.4) is 0 Å². The summed E-state index contributed by atoms with van der Waals surface area (Å²) in [5.74, 6) is -0.928. The molecule has 2 rings (SSSR count). The average molecular weight is 781 g/mol. The first-order valence-electron chi connectivity index (χ1n) is 20.6. The number of hydrogen-bond acceptors (Lipinski definition) is 15. The fourth-order valence-corrected chi connectivity index (χ4v) is 6.57. The van der Waals surface area contributed by atoms with Crippen LogP contribution in [-0.2, 0) is 38.0 Å². The van der Waals surface area contributed by atoms with E-state index in [1.165, 1.54) is 64.2 Å². The summed E-state index contributed by atoms with van der Waals surface area (Å²) >= 11 is 0. The number of hydrogen-bond donors (Lipinski definition) is 7. The third kappa shape index (κ3) is 18.6. The fourth-order valence-electron chi connectivity index (χ4n) is 6.57. The van der Waals surface area contributed by atoms with Gasteiger partial charge in [-0.2, -0.15) is 0 Å². The van der Waals surface area contributed by atoms with E-state index in [1.54, 1.807) is 0 Å². The lowest BCUT2D eigenvalue weighted by molar-refractivity contribution is -0.332. The van der Waals surface area contributed by atoms with Crippen LogP contribution in [0, 0.1) is 0 Å². The molecule has 0 aromatic heterocycles. The Labute approximate surface area is 321 Å². The minimum Gasteiger partial charge on any atom is -0.462 e. The Kier molecular flexibility index (Phi) is 26.0. The van der Waals surface area contributed by atoms with Crippen LogP contribution >= 0.6 is 0 Å². The van der Waals surface area contributed by atoms with Crippen molar-refractivity contribution in [2.45, 2.75) is 210 Å². The number of aliphatic hydroxyl groups excluding tert-OH is 7. The molecular formula is C39H72O15. The van der Waals surface area contributed by atoms with Crippen molar-refractivity contribution in [3.8, 4) is 0 Å². The van der Waals surface area contributed by atoms with Crippen LogP contribution in [0.15, 0.2) is 0 Å². The van der Waals surface area contributed by atoms with Crippen molar-refractivity contribution in [3.05, 3.63) is 0 Å². The monoisotopic (exact) mass is 780 g/mol. The largest absolute Gasteiger partial charge is 0.462 e. The van der Waals surface area contributed by atoms with Crippen molar-refractivity contribution >= 4 is 11.9 Å². The lowest BCUT2D eigenvalue weighted by atomic mass is 9.98. The second-order valence-corrected chi connectivity index (χ2v) is 14.8. The highest BCUT2D eigenvalue weighted by molar-refractivity contribution is 5.70. The molecule has 0 radical (unpaired) electrons. The lowest BCUT2D eigenvalue weighted by Gasteiger charge is -2.42. The topological polar surface area (TPSA) is 231 Å². The molecule has 2 saturated heterocycles. The molecule has 11 atom stereocenters. The van der Waals surface area contributed by atoms with Crippen LogP contribution in [0.1, 0.15) is 142 Å². The van der Waals surface area contributed by atoms with Gasteiger partial charge in [-0.05, 0) is 12.8 Å². The van der Waals surface area contributed by atoms with E-state index in [-0.39, 0.29) is 26.1 Å². The number of unbranched alkanes of at least 4 members (excludes halogenated alkanes) is 16. The van der Waals surface area contributed by atoms with Gasteiger partial charge in [-0.3, -0.25) is 9.59 Å². The molecular weight excluding hydrogens is 708 g/mol. The van der Waals surface area contributed by atoms with Crippen LogP contribution < -0.4 is 0 Å². The average Bonchev–Trinajstić information content (AvgIpc) is 3.16. The zero-order valence-electron chi connectivity index (χ0n) is 32.7. The first kappa shape index (κ1) is 48.6. The zero-order valence-corrected chi connectivity index (χ0v) is 32.7. The molecule has 54 heavy (non-hydrogen) atoms. The minimum atomic E-state index is -1.76. The van der Waals surface area contributed by atoms with E-state index in [9.17, 15) is 45.3 Å². The van der Waals surface area contributed by atoms with Crippen molar-refractivity contribution in [2.24, 2.45) is 0 Å². The van der Waals surface area contributed by atoms with E-state index in [0.29, 0.717) is 12.8 Å². The summed E-state index contributed by atoms with van der Waals surface area (Å²) in [6.07, 6.45) is 3.28. The molecule has 2 aliphatic heterocycles. The zero-order chi connectivity index (χ0) is 39.7. The summed E-state index contributed by atoms with van der Waals surface area (Å²) in [6.45, 7) is 2.51. The van der Waals surface area contributed by atoms with Gasteiger partial charge in [0, 0.05) is 12.8 Å². The quantitative estimate of drug-likeness (QED) is 0.0411. The van der Waals surface area contributed by atoms with Crippen LogP contribution in [-0.4, -0.2) is 142 Å². The number of rotatable bonds is 30. The third-order valence-electron chi connectivity index (χ3n) is 10.1. The van der Waals surface area contributed by atoms with E-state index in [2.05, 4.69) is 13.8 Å². The Bertz CT molecular complexity index is 970. The molecule has 15 heteroatoms. The molecule has 4 unspecified atom stereocenters. The van der Waals surface area contributed by atoms with Gasteiger partial charge in [0.05, 0.1) is 19.8 Å². The van der Waals surface area contributed by atoms with E-state index in [0.717, 1.165) is 38.5 Å². The van der Waals surface area contributed by atoms with Gasteiger partial charge in [0.2, 0.25) is 0 Å². The molecule has 0 aromatic carbocycles. The molecule has 0 saturated carbocycles. The summed E-state index contributed by atoms with van der Waals surface area (Å²) in [5, 5.41) is 71.5. The summed E-state index contributed by atoms with van der Waals surface area (Å²) in [5.41, 5.74) is 0. The van der Waals surface area contributed by atoms with E-state index < -0.39 is 92.7 Å². The normalized spacial score (nSPS) is 29.2. The fraction of sp³-hybridized carbons (Fsp3) is 0.949. The maximum absolute atomic E-state index is 12.8. The van der Waals surface area contributed by atoms with Crippen molar-refractivity contribution in [1.82, 2.24) is 0 Å². The summed E-state index contributed by atoms with van der Waals surface area (Å²) < 4.78 is 33.3. The Hall–Kier alpha value is -1.50. The van der Waals surface area contributed by atoms with Crippen molar-refractivity contribution in [2.75, 3.05) is 26.4 Å². The summed E-state index contributed by atoms with van der Waals surface area (Å²) in [4.78, 5) is 25.4. The van der Waals surface area contributed by atoms with Gasteiger partial charge in [-0.25, -0.2) is 0 Å². The van der Waals surface area contributed by atoms with Gasteiger partial charge in [0.25, 0.3) is 0 Å². The highest BCUT2D eigenvalue weighted by Gasteiger charge is 2.47. The van der Waals surface area contributed by atoms with E-state index >= 15 is 0 Å². The smallest absolute Gasteiger partial charge is 0.306 e. The SMILES string of the molecule is CCCCCCCCCCCCC(=O)OC[C@H](CO[C@@H]1O[C@H](CO[C@@H]2O[C@H](CO)[C@H](O)C(O)C2O)[C@H](O)C(O)C1O)OC(=O)CCCCCCCCCC. The number of carbonyl (C=O) groups excluding carboxylic acids is 2. The second-order valence-electron chi connectivity index (χ2n) is 14.8. The molecule has 7 N–H and O–H groups in total. The third-order valence-corrected chi connectivity index (χ3v) is 10.1. The first-order valence-corrected chi connectivity index (χ1v) is 20.6. The number of ether oxygens (including phenoxy) is 6. The molecule has 15 nitrogen and oxygen atoms in total. The van der Waals surface area contributed by atoms with Gasteiger partial charge in [0.1, 0.15) is 55.4 Å². The van der Waals surface area contributed by atoms with E-state index in [1.807, 2.05) is 0 Å². The Morgan fingerprint density at radius 1 is 0.519 bits per heavy atom. The van der Waals surface area contributed by atoms with Gasteiger partial charge in [0.15, 0.2) is 18.7 Å². The van der Waals surface area contributed by atoms with E-state index in [4.69, 9.17) is 28.4 Å². The highest BCUT2D eigenvalue weighted by atomic mass is 16.7. The number of carbonyl (C=O) groups is 2. The Balaban J connectivity index is 1.89. The molecule has 0 bridgehead atoms. The summed E-state index contributed by atoms with van der Waals surface area (Å²) in [7, 11) is 0. The highest BCUT2D eigenvalue weighted by Crippen LogP contribution is 2.26. The molecule has 0 spiro atoms. The molecule has 318 valence electrons. The van der Waals surface area contributed by atoms with Crippen molar-refractivity contribution < 1.29 is 73.8 Å². The van der Waals surface area contributed by atoms with Gasteiger partial charge < -0.3 is 64.2 Å². The predicted molar refractivity (Wildman–Crippen MR) is 197 cm³/mol. The second kappa shape index (κ2) is 28.8. The molecule has 2 fully saturated rings. The summed E-state index contributed by atoms with van der Waals surface area (Å²) in [6, 6.07) is 0. The number of esters is 2. The van der Waals surface area contributed by atoms with Crippen molar-refractivity contribution in [1.29, 1.82) is 0 Å². The van der Waals surface area contributed by atoms with Gasteiger partial charge in [-0.1, -0.05) is 117 Å². The standard InChI is InChI=1S/C39H72O15/c1-3-5-7-9-11-13-14-16-17-19-21-30(41)49-24-27(52-31(42)22-20-18-15-12-10-8-6-4-2)25-50-38-37(48)35(46)33(44)29(54-38)26-51-39-36(47)34(45)32(43)28(23-40)53-39/h27-29,32-40,43-48H,3-26H2,1-2H3/t27-,28-,29-,32+,33+,34?,35?,36?,37?,38-,39-/m1/s1. The molecule has 2 aliphatic rings. The van der Waals surface area contributed by atoms with Crippen LogP contribution in [0.2, 0.25) is 0 Å². The maximum atomic E-state index is 12.8. The molecule has 0 aliphatic carbocycles. The molecule has 0 aromatic rings. The lowest BCUT2D eigenvalue weighted by Crippen LogP contribution is -2.61. The number of aliphatic hydroxyl groups is 7. The van der Waals surface area contributed by atoms with Crippen molar-refractivity contribution in [3.63, 3.8) is 0 Å². The minimum absolute atomic E-state index is 0.169. The molecule has 0 amide bonds. The molecule has 2 heterocycles. The Morgan fingerprint density at radius 2 is 0.944 bits per heavy atom. The first-order chi connectivity index (χ1) is 26.0. The van der Waals surface area contributed by atoms with Crippen LogP contribution in [0.5, 0.6) is 0 Å². The Morgan fingerprint density at radius 3 is 1.44 bits per heavy atom.